The van der Waals surface area contributed by atoms with Crippen LogP contribution in [0.5, 0.6) is 0 Å². The Morgan fingerprint density at radius 2 is 1.88 bits per heavy atom. The normalized spacial score (nSPS) is 11.4. The molecule has 0 unspecified atom stereocenters. The lowest BCUT2D eigenvalue weighted by molar-refractivity contribution is 0.153. The fourth-order valence-electron chi connectivity index (χ4n) is 1.78. The van der Waals surface area contributed by atoms with Gasteiger partial charge in [-0.15, -0.1) is 0 Å². The Bertz CT molecular complexity index is 349. The first-order valence-corrected chi connectivity index (χ1v) is 6.17. The summed E-state index contributed by atoms with van der Waals surface area (Å²) in [5.41, 5.74) is 1.75. The molecule has 0 aliphatic heterocycles. The highest BCUT2D eigenvalue weighted by Crippen LogP contribution is 2.21. The van der Waals surface area contributed by atoms with Gasteiger partial charge in [0, 0.05) is 26.2 Å². The fourth-order valence-corrected chi connectivity index (χ4v) is 1.98. The average Bonchev–Trinajstić information content (AvgIpc) is 2.57. The summed E-state index contributed by atoms with van der Waals surface area (Å²) < 4.78 is 1.86. The minimum Gasteiger partial charge on any atom is -0.395 e. The summed E-state index contributed by atoms with van der Waals surface area (Å²) >= 11 is 6.20. The van der Waals surface area contributed by atoms with Crippen LogP contribution < -0.4 is 0 Å². The molecule has 98 valence electrons. The minimum atomic E-state index is 0.0663. The van der Waals surface area contributed by atoms with E-state index >= 15 is 0 Å². The van der Waals surface area contributed by atoms with Crippen LogP contribution in [0.25, 0.3) is 0 Å². The molecule has 0 amide bonds. The second kappa shape index (κ2) is 6.96. The van der Waals surface area contributed by atoms with Crippen LogP contribution in [0.15, 0.2) is 0 Å². The summed E-state index contributed by atoms with van der Waals surface area (Å²) in [6, 6.07) is 0. The predicted molar refractivity (Wildman–Crippen MR) is 67.1 cm³/mol. The van der Waals surface area contributed by atoms with Gasteiger partial charge < -0.3 is 10.2 Å². The van der Waals surface area contributed by atoms with Crippen molar-refractivity contribution in [3.8, 4) is 0 Å². The molecule has 0 spiro atoms. The Morgan fingerprint density at radius 3 is 2.35 bits per heavy atom. The monoisotopic (exact) mass is 261 g/mol. The molecule has 0 aliphatic carbocycles. The minimum absolute atomic E-state index is 0.0663. The van der Waals surface area contributed by atoms with Crippen molar-refractivity contribution in [2.75, 3.05) is 26.3 Å². The molecular weight excluding hydrogens is 242 g/mol. The molecule has 0 aliphatic rings. The summed E-state index contributed by atoms with van der Waals surface area (Å²) in [6.07, 6.45) is 0. The zero-order valence-electron chi connectivity index (χ0n) is 10.4. The van der Waals surface area contributed by atoms with Crippen LogP contribution in [0.1, 0.15) is 18.3 Å². The second-order valence-electron chi connectivity index (χ2n) is 3.89. The van der Waals surface area contributed by atoms with Gasteiger partial charge in [-0.25, -0.2) is 0 Å². The molecule has 0 atom stereocenters. The standard InChI is InChI=1S/C11H20ClN3O2/c1-3-15-10(11(12)9(2)13-15)8-14(4-6-16)5-7-17/h16-17H,3-8H2,1-2H3. The van der Waals surface area contributed by atoms with E-state index in [4.69, 9.17) is 21.8 Å². The molecule has 2 N–H and O–H groups in total. The van der Waals surface area contributed by atoms with Crippen molar-refractivity contribution in [1.82, 2.24) is 14.7 Å². The van der Waals surface area contributed by atoms with Gasteiger partial charge >= 0.3 is 0 Å². The van der Waals surface area contributed by atoms with Gasteiger partial charge in [0.2, 0.25) is 0 Å². The molecule has 6 heteroatoms. The maximum absolute atomic E-state index is 8.96. The van der Waals surface area contributed by atoms with E-state index in [-0.39, 0.29) is 13.2 Å². The molecule has 1 aromatic rings. The quantitative estimate of drug-likeness (QED) is 0.757. The van der Waals surface area contributed by atoms with E-state index in [9.17, 15) is 0 Å². The van der Waals surface area contributed by atoms with Gasteiger partial charge in [-0.2, -0.15) is 5.10 Å². The third kappa shape index (κ3) is 3.67. The summed E-state index contributed by atoms with van der Waals surface area (Å²) in [5, 5.41) is 22.9. The number of halogens is 1. The lowest BCUT2D eigenvalue weighted by atomic mass is 10.3. The highest BCUT2D eigenvalue weighted by Gasteiger charge is 2.15. The van der Waals surface area contributed by atoms with Crippen LogP contribution >= 0.6 is 11.6 Å². The Labute approximate surface area is 107 Å². The van der Waals surface area contributed by atoms with Gasteiger partial charge in [0.15, 0.2) is 0 Å². The number of hydrogen-bond acceptors (Lipinski definition) is 4. The largest absolute Gasteiger partial charge is 0.395 e. The van der Waals surface area contributed by atoms with Gasteiger partial charge in [-0.05, 0) is 13.8 Å². The van der Waals surface area contributed by atoms with Gasteiger partial charge in [0.05, 0.1) is 29.6 Å². The summed E-state index contributed by atoms with van der Waals surface area (Å²) in [7, 11) is 0. The SMILES string of the molecule is CCn1nc(C)c(Cl)c1CN(CCO)CCO. The van der Waals surface area contributed by atoms with Crippen LogP contribution in [-0.2, 0) is 13.1 Å². The Morgan fingerprint density at radius 1 is 1.29 bits per heavy atom. The van der Waals surface area contributed by atoms with Crippen LogP contribution in [-0.4, -0.2) is 51.2 Å². The molecule has 0 bridgehead atoms. The van der Waals surface area contributed by atoms with Gasteiger partial charge in [-0.1, -0.05) is 11.6 Å². The van der Waals surface area contributed by atoms with E-state index < -0.39 is 0 Å². The van der Waals surface area contributed by atoms with Crippen LogP contribution in [0.3, 0.4) is 0 Å². The highest BCUT2D eigenvalue weighted by molar-refractivity contribution is 6.31. The first-order valence-electron chi connectivity index (χ1n) is 5.79. The van der Waals surface area contributed by atoms with Gasteiger partial charge in [0.25, 0.3) is 0 Å². The van der Waals surface area contributed by atoms with E-state index in [0.29, 0.717) is 24.7 Å². The number of aryl methyl sites for hydroxylation is 2. The zero-order chi connectivity index (χ0) is 12.8. The number of aliphatic hydroxyl groups excluding tert-OH is 2. The fraction of sp³-hybridized carbons (Fsp3) is 0.727. The average molecular weight is 262 g/mol. The zero-order valence-corrected chi connectivity index (χ0v) is 11.1. The van der Waals surface area contributed by atoms with E-state index in [1.165, 1.54) is 0 Å². The van der Waals surface area contributed by atoms with Crippen molar-refractivity contribution in [3.05, 3.63) is 16.4 Å². The highest BCUT2D eigenvalue weighted by atomic mass is 35.5. The third-order valence-corrected chi connectivity index (χ3v) is 3.15. The maximum Gasteiger partial charge on any atom is 0.0860 e. The van der Waals surface area contributed by atoms with Crippen molar-refractivity contribution < 1.29 is 10.2 Å². The van der Waals surface area contributed by atoms with Crippen LogP contribution in [0, 0.1) is 6.92 Å². The number of rotatable bonds is 7. The molecule has 0 radical (unpaired) electrons. The molecule has 0 fully saturated rings. The molecule has 0 aromatic carbocycles. The lowest BCUT2D eigenvalue weighted by Gasteiger charge is -2.20. The van der Waals surface area contributed by atoms with Crippen molar-refractivity contribution >= 4 is 11.6 Å². The first kappa shape index (κ1) is 14.4. The molecular formula is C11H20ClN3O2. The number of aromatic nitrogens is 2. The predicted octanol–water partition coefficient (Wildman–Crippen LogP) is 0.651. The van der Waals surface area contributed by atoms with E-state index in [0.717, 1.165) is 17.9 Å². The van der Waals surface area contributed by atoms with Gasteiger partial charge in [-0.3, -0.25) is 9.58 Å². The Balaban J connectivity index is 2.83. The Kier molecular flexibility index (Phi) is 5.91. The molecule has 0 saturated carbocycles. The topological polar surface area (TPSA) is 61.5 Å². The van der Waals surface area contributed by atoms with Crippen molar-refractivity contribution in [1.29, 1.82) is 0 Å². The molecule has 1 aromatic heterocycles. The van der Waals surface area contributed by atoms with Crippen molar-refractivity contribution in [3.63, 3.8) is 0 Å². The van der Waals surface area contributed by atoms with Crippen molar-refractivity contribution in [2.24, 2.45) is 0 Å². The maximum atomic E-state index is 8.96. The second-order valence-corrected chi connectivity index (χ2v) is 4.26. The number of nitrogens with zero attached hydrogens (tertiary/aromatic N) is 3. The molecule has 0 saturated heterocycles. The molecule has 1 heterocycles. The number of aliphatic hydroxyl groups is 2. The lowest BCUT2D eigenvalue weighted by Crippen LogP contribution is -2.30. The third-order valence-electron chi connectivity index (χ3n) is 2.66. The first-order chi connectivity index (χ1) is 8.13. The molecule has 5 nitrogen and oxygen atoms in total. The van der Waals surface area contributed by atoms with Gasteiger partial charge in [0.1, 0.15) is 0 Å². The van der Waals surface area contributed by atoms with Crippen LogP contribution in [0.2, 0.25) is 5.02 Å². The van der Waals surface area contributed by atoms with E-state index in [1.807, 2.05) is 23.4 Å². The van der Waals surface area contributed by atoms with Crippen LogP contribution in [0.4, 0.5) is 0 Å². The number of hydrogen-bond donors (Lipinski definition) is 2. The summed E-state index contributed by atoms with van der Waals surface area (Å²) in [4.78, 5) is 1.95. The summed E-state index contributed by atoms with van der Waals surface area (Å²) in [5.74, 6) is 0. The summed E-state index contributed by atoms with van der Waals surface area (Å²) in [6.45, 7) is 6.40. The Hall–Kier alpha value is -0.620. The van der Waals surface area contributed by atoms with E-state index in [1.54, 1.807) is 0 Å². The molecule has 1 rings (SSSR count). The van der Waals surface area contributed by atoms with Crippen molar-refractivity contribution in [2.45, 2.75) is 26.9 Å². The molecule has 17 heavy (non-hydrogen) atoms. The smallest absolute Gasteiger partial charge is 0.0860 e. The van der Waals surface area contributed by atoms with E-state index in [2.05, 4.69) is 5.10 Å².